The van der Waals surface area contributed by atoms with E-state index in [1.807, 2.05) is 6.07 Å². The first-order valence-corrected chi connectivity index (χ1v) is 5.56. The van der Waals surface area contributed by atoms with Crippen LogP contribution in [0.5, 0.6) is 11.5 Å². The third-order valence-corrected chi connectivity index (χ3v) is 2.83. The molecule has 0 atom stereocenters. The van der Waals surface area contributed by atoms with Crippen LogP contribution in [0.25, 0.3) is 11.1 Å². The number of ether oxygens (including phenoxy) is 2. The first kappa shape index (κ1) is 10.7. The van der Waals surface area contributed by atoms with Gasteiger partial charge in [-0.2, -0.15) is 0 Å². The highest BCUT2D eigenvalue weighted by atomic mass is 16.6. The second-order valence-corrected chi connectivity index (χ2v) is 3.95. The zero-order valence-corrected chi connectivity index (χ0v) is 9.47. The summed E-state index contributed by atoms with van der Waals surface area (Å²) in [5, 5.41) is 9.08. The Labute approximate surface area is 103 Å². The highest BCUT2D eigenvalue weighted by Gasteiger charge is 2.16. The van der Waals surface area contributed by atoms with E-state index in [2.05, 4.69) is 4.98 Å². The van der Waals surface area contributed by atoms with Crippen LogP contribution in [-0.2, 0) is 0 Å². The number of carbonyl (C=O) groups is 1. The maximum Gasteiger partial charge on any atom is 0.337 e. The lowest BCUT2D eigenvalue weighted by Crippen LogP contribution is -2.15. The lowest BCUT2D eigenvalue weighted by Gasteiger charge is -2.18. The Kier molecular flexibility index (Phi) is 2.44. The molecule has 5 heteroatoms. The standard InChI is InChI=1S/C13H11NO4/c15-13(16)10-7-14-6-9(10)8-1-2-11-12(5-8)18-4-3-17-11/h1-2,5-7,14H,3-4H2,(H,15,16). The molecular weight excluding hydrogens is 234 g/mol. The number of carboxylic acids is 1. The van der Waals surface area contributed by atoms with Gasteiger partial charge in [0.2, 0.25) is 0 Å². The Hall–Kier alpha value is -2.43. The zero-order chi connectivity index (χ0) is 12.5. The summed E-state index contributed by atoms with van der Waals surface area (Å²) in [6.45, 7) is 1.05. The monoisotopic (exact) mass is 245 g/mol. The fraction of sp³-hybridized carbons (Fsp3) is 0.154. The highest BCUT2D eigenvalue weighted by molar-refractivity contribution is 5.96. The average molecular weight is 245 g/mol. The molecule has 0 fully saturated rings. The number of aromatic carboxylic acids is 1. The molecule has 5 nitrogen and oxygen atoms in total. The topological polar surface area (TPSA) is 71.5 Å². The van der Waals surface area contributed by atoms with Crippen molar-refractivity contribution in [3.8, 4) is 22.6 Å². The number of fused-ring (bicyclic) bond motifs is 1. The van der Waals surface area contributed by atoms with E-state index >= 15 is 0 Å². The number of benzene rings is 1. The summed E-state index contributed by atoms with van der Waals surface area (Å²) in [4.78, 5) is 13.9. The number of carboxylic acid groups (broad SMARTS) is 1. The van der Waals surface area contributed by atoms with E-state index in [-0.39, 0.29) is 5.56 Å². The maximum absolute atomic E-state index is 11.1. The van der Waals surface area contributed by atoms with Gasteiger partial charge in [-0.25, -0.2) is 4.79 Å². The van der Waals surface area contributed by atoms with Crippen molar-refractivity contribution in [3.63, 3.8) is 0 Å². The van der Waals surface area contributed by atoms with Crippen molar-refractivity contribution < 1.29 is 19.4 Å². The van der Waals surface area contributed by atoms with Crippen LogP contribution in [0, 0.1) is 0 Å². The molecule has 2 N–H and O–H groups in total. The molecule has 0 aliphatic carbocycles. The van der Waals surface area contributed by atoms with E-state index in [1.54, 1.807) is 18.3 Å². The maximum atomic E-state index is 11.1. The molecule has 3 rings (SSSR count). The van der Waals surface area contributed by atoms with Crippen molar-refractivity contribution in [2.45, 2.75) is 0 Å². The Morgan fingerprint density at radius 2 is 1.94 bits per heavy atom. The third-order valence-electron chi connectivity index (χ3n) is 2.83. The molecule has 92 valence electrons. The number of nitrogens with one attached hydrogen (secondary N) is 1. The molecule has 0 spiro atoms. The van der Waals surface area contributed by atoms with Gasteiger partial charge < -0.3 is 19.6 Å². The molecule has 0 amide bonds. The lowest BCUT2D eigenvalue weighted by molar-refractivity contribution is 0.0698. The van der Waals surface area contributed by atoms with Crippen molar-refractivity contribution in [2.75, 3.05) is 13.2 Å². The normalized spacial score (nSPS) is 13.3. The summed E-state index contributed by atoms with van der Waals surface area (Å²) < 4.78 is 10.9. The molecule has 0 bridgehead atoms. The molecular formula is C13H11NO4. The molecule has 1 aliphatic heterocycles. The first-order chi connectivity index (χ1) is 8.75. The molecule has 1 aliphatic rings. The molecule has 0 saturated carbocycles. The molecule has 2 aromatic rings. The van der Waals surface area contributed by atoms with Crippen LogP contribution in [0.1, 0.15) is 10.4 Å². The van der Waals surface area contributed by atoms with E-state index in [1.165, 1.54) is 6.20 Å². The molecule has 2 heterocycles. The Morgan fingerprint density at radius 1 is 1.17 bits per heavy atom. The molecule has 0 unspecified atom stereocenters. The van der Waals surface area contributed by atoms with Crippen LogP contribution in [0.4, 0.5) is 0 Å². The van der Waals surface area contributed by atoms with Crippen molar-refractivity contribution in [2.24, 2.45) is 0 Å². The smallest absolute Gasteiger partial charge is 0.337 e. The summed E-state index contributed by atoms with van der Waals surface area (Å²) in [7, 11) is 0. The number of hydrogen-bond acceptors (Lipinski definition) is 3. The van der Waals surface area contributed by atoms with Crippen molar-refractivity contribution >= 4 is 5.97 Å². The predicted molar refractivity (Wildman–Crippen MR) is 64.2 cm³/mol. The molecule has 0 radical (unpaired) electrons. The second kappa shape index (κ2) is 4.10. The van der Waals surface area contributed by atoms with Crippen molar-refractivity contribution in [3.05, 3.63) is 36.2 Å². The quantitative estimate of drug-likeness (QED) is 0.850. The van der Waals surface area contributed by atoms with E-state index in [0.717, 1.165) is 5.56 Å². The van der Waals surface area contributed by atoms with Gasteiger partial charge in [0.25, 0.3) is 0 Å². The van der Waals surface area contributed by atoms with Gasteiger partial charge >= 0.3 is 5.97 Å². The average Bonchev–Trinajstić information content (AvgIpc) is 2.87. The molecule has 1 aromatic carbocycles. The minimum Gasteiger partial charge on any atom is -0.486 e. The van der Waals surface area contributed by atoms with E-state index in [4.69, 9.17) is 14.6 Å². The summed E-state index contributed by atoms with van der Waals surface area (Å²) >= 11 is 0. The van der Waals surface area contributed by atoms with Gasteiger partial charge in [-0.15, -0.1) is 0 Å². The summed E-state index contributed by atoms with van der Waals surface area (Å²) in [5.41, 5.74) is 1.67. The Bertz CT molecular complexity index is 603. The minimum absolute atomic E-state index is 0.242. The largest absolute Gasteiger partial charge is 0.486 e. The SMILES string of the molecule is O=C(O)c1c[nH]cc1-c1ccc2c(c1)OCCO2. The van der Waals surface area contributed by atoms with Gasteiger partial charge in [-0.3, -0.25) is 0 Å². The number of rotatable bonds is 2. The second-order valence-electron chi connectivity index (χ2n) is 3.95. The van der Waals surface area contributed by atoms with E-state index in [9.17, 15) is 4.79 Å². The van der Waals surface area contributed by atoms with Gasteiger partial charge in [-0.1, -0.05) is 6.07 Å². The Balaban J connectivity index is 2.06. The Morgan fingerprint density at radius 3 is 2.72 bits per heavy atom. The van der Waals surface area contributed by atoms with Gasteiger partial charge in [0.1, 0.15) is 13.2 Å². The van der Waals surface area contributed by atoms with Gasteiger partial charge in [0, 0.05) is 18.0 Å². The fourth-order valence-corrected chi connectivity index (χ4v) is 1.99. The van der Waals surface area contributed by atoms with Gasteiger partial charge in [0.05, 0.1) is 5.56 Å². The van der Waals surface area contributed by atoms with Crippen LogP contribution >= 0.6 is 0 Å². The minimum atomic E-state index is -0.957. The van der Waals surface area contributed by atoms with Crippen LogP contribution in [-0.4, -0.2) is 29.3 Å². The molecule has 1 aromatic heterocycles. The number of aromatic amines is 1. The van der Waals surface area contributed by atoms with E-state index < -0.39 is 5.97 Å². The van der Waals surface area contributed by atoms with Crippen molar-refractivity contribution in [1.82, 2.24) is 4.98 Å². The summed E-state index contributed by atoms with van der Waals surface area (Å²) in [6, 6.07) is 5.41. The van der Waals surface area contributed by atoms with Crippen LogP contribution in [0.3, 0.4) is 0 Å². The number of aromatic nitrogens is 1. The highest BCUT2D eigenvalue weighted by Crippen LogP contribution is 2.35. The zero-order valence-electron chi connectivity index (χ0n) is 9.47. The van der Waals surface area contributed by atoms with Gasteiger partial charge in [-0.05, 0) is 17.7 Å². The molecule has 18 heavy (non-hydrogen) atoms. The summed E-state index contributed by atoms with van der Waals surface area (Å²) in [5.74, 6) is 0.384. The fourth-order valence-electron chi connectivity index (χ4n) is 1.99. The van der Waals surface area contributed by atoms with Gasteiger partial charge in [0.15, 0.2) is 11.5 Å². The van der Waals surface area contributed by atoms with Crippen LogP contribution in [0.2, 0.25) is 0 Å². The van der Waals surface area contributed by atoms with Crippen LogP contribution < -0.4 is 9.47 Å². The predicted octanol–water partition coefficient (Wildman–Crippen LogP) is 2.15. The number of H-pyrrole nitrogens is 1. The van der Waals surface area contributed by atoms with Crippen molar-refractivity contribution in [1.29, 1.82) is 0 Å². The summed E-state index contributed by atoms with van der Waals surface area (Å²) in [6.07, 6.45) is 3.13. The van der Waals surface area contributed by atoms with E-state index in [0.29, 0.717) is 30.3 Å². The third kappa shape index (κ3) is 1.69. The molecule has 0 saturated heterocycles. The first-order valence-electron chi connectivity index (χ1n) is 5.56. The lowest BCUT2D eigenvalue weighted by atomic mass is 10.0. The number of hydrogen-bond donors (Lipinski definition) is 2. The van der Waals surface area contributed by atoms with Crippen LogP contribution in [0.15, 0.2) is 30.6 Å².